The molecule has 21 heavy (non-hydrogen) atoms. The van der Waals surface area contributed by atoms with Crippen LogP contribution in [-0.2, 0) is 16.0 Å². The Morgan fingerprint density at radius 3 is 2.38 bits per heavy atom. The van der Waals surface area contributed by atoms with Gasteiger partial charge in [0.2, 0.25) is 11.8 Å². The average molecular weight is 311 g/mol. The number of amides is 2. The minimum atomic E-state index is -0.125. The lowest BCUT2D eigenvalue weighted by Crippen LogP contribution is -2.41. The van der Waals surface area contributed by atoms with Crippen molar-refractivity contribution in [2.24, 2.45) is 5.92 Å². The van der Waals surface area contributed by atoms with Gasteiger partial charge in [-0.3, -0.25) is 9.59 Å². The quantitative estimate of drug-likeness (QED) is 0.841. The molecule has 0 atom stereocenters. The number of nitrogens with zero attached hydrogens (tertiary/aromatic N) is 1. The van der Waals surface area contributed by atoms with Gasteiger partial charge in [-0.15, -0.1) is 0 Å². The molecule has 1 aromatic rings. The molecule has 0 aliphatic heterocycles. The maximum atomic E-state index is 11.9. The predicted molar refractivity (Wildman–Crippen MR) is 85.3 cm³/mol. The van der Waals surface area contributed by atoms with Crippen LogP contribution in [0.15, 0.2) is 24.3 Å². The normalized spacial score (nSPS) is 10.5. The summed E-state index contributed by atoms with van der Waals surface area (Å²) in [7, 11) is 0. The molecular weight excluding hydrogens is 288 g/mol. The molecule has 0 saturated heterocycles. The number of halogens is 1. The number of carbonyl (C=O) groups is 2. The third-order valence-electron chi connectivity index (χ3n) is 3.01. The number of benzene rings is 1. The SMILES string of the molecule is CC(=O)N(CC(=O)NCCc1ccc(Cl)cc1)CC(C)C. The lowest BCUT2D eigenvalue weighted by atomic mass is 10.1. The van der Waals surface area contributed by atoms with Crippen molar-refractivity contribution in [1.82, 2.24) is 10.2 Å². The van der Waals surface area contributed by atoms with Gasteiger partial charge >= 0.3 is 0 Å². The van der Waals surface area contributed by atoms with Crippen LogP contribution in [0.4, 0.5) is 0 Å². The van der Waals surface area contributed by atoms with E-state index in [0.29, 0.717) is 24.0 Å². The van der Waals surface area contributed by atoms with E-state index in [4.69, 9.17) is 11.6 Å². The van der Waals surface area contributed by atoms with E-state index in [1.54, 1.807) is 4.90 Å². The van der Waals surface area contributed by atoms with Crippen molar-refractivity contribution in [1.29, 1.82) is 0 Å². The maximum absolute atomic E-state index is 11.9. The number of rotatable bonds is 7. The molecule has 1 rings (SSSR count). The number of nitrogens with one attached hydrogen (secondary N) is 1. The van der Waals surface area contributed by atoms with E-state index in [1.165, 1.54) is 6.92 Å². The predicted octanol–water partition coefficient (Wildman–Crippen LogP) is 2.50. The van der Waals surface area contributed by atoms with Gasteiger partial charge < -0.3 is 10.2 Å². The largest absolute Gasteiger partial charge is 0.354 e. The van der Waals surface area contributed by atoms with Crippen molar-refractivity contribution in [3.63, 3.8) is 0 Å². The molecule has 0 aliphatic carbocycles. The molecule has 1 aromatic carbocycles. The first-order chi connectivity index (χ1) is 9.88. The van der Waals surface area contributed by atoms with E-state index in [0.717, 1.165) is 12.0 Å². The number of hydrogen-bond acceptors (Lipinski definition) is 2. The Morgan fingerprint density at radius 1 is 1.24 bits per heavy atom. The van der Waals surface area contributed by atoms with Crippen LogP contribution in [0.25, 0.3) is 0 Å². The van der Waals surface area contributed by atoms with Crippen molar-refractivity contribution in [3.8, 4) is 0 Å². The fraction of sp³-hybridized carbons (Fsp3) is 0.500. The van der Waals surface area contributed by atoms with Crippen LogP contribution in [0.5, 0.6) is 0 Å². The van der Waals surface area contributed by atoms with Gasteiger partial charge in [0.15, 0.2) is 0 Å². The van der Waals surface area contributed by atoms with Gasteiger partial charge in [-0.2, -0.15) is 0 Å². The topological polar surface area (TPSA) is 49.4 Å². The highest BCUT2D eigenvalue weighted by atomic mass is 35.5. The first-order valence-electron chi connectivity index (χ1n) is 7.15. The molecule has 0 bridgehead atoms. The Bertz CT molecular complexity index is 472. The van der Waals surface area contributed by atoms with Gasteiger partial charge in [0.1, 0.15) is 0 Å². The molecule has 0 aromatic heterocycles. The second kappa shape index (κ2) is 8.67. The van der Waals surface area contributed by atoms with Crippen LogP contribution in [0, 0.1) is 5.92 Å². The molecule has 0 spiro atoms. The molecule has 1 N–H and O–H groups in total. The smallest absolute Gasteiger partial charge is 0.239 e. The molecule has 0 unspecified atom stereocenters. The van der Waals surface area contributed by atoms with E-state index in [9.17, 15) is 9.59 Å². The van der Waals surface area contributed by atoms with Crippen LogP contribution >= 0.6 is 11.6 Å². The summed E-state index contributed by atoms with van der Waals surface area (Å²) in [5.41, 5.74) is 1.12. The zero-order chi connectivity index (χ0) is 15.8. The standard InChI is InChI=1S/C16H23ClN2O2/c1-12(2)10-19(13(3)20)11-16(21)18-9-8-14-4-6-15(17)7-5-14/h4-7,12H,8-11H2,1-3H3,(H,18,21). The third-order valence-corrected chi connectivity index (χ3v) is 3.27. The number of carbonyl (C=O) groups excluding carboxylic acids is 2. The van der Waals surface area contributed by atoms with E-state index < -0.39 is 0 Å². The second-order valence-corrected chi connectivity index (χ2v) is 5.96. The summed E-state index contributed by atoms with van der Waals surface area (Å²) in [4.78, 5) is 24.9. The molecule has 0 fully saturated rings. The minimum absolute atomic E-state index is 0.0726. The van der Waals surface area contributed by atoms with E-state index in [-0.39, 0.29) is 18.4 Å². The summed E-state index contributed by atoms with van der Waals surface area (Å²) < 4.78 is 0. The lowest BCUT2D eigenvalue weighted by molar-refractivity contribution is -0.134. The Kier molecular flexibility index (Phi) is 7.23. The monoisotopic (exact) mass is 310 g/mol. The van der Waals surface area contributed by atoms with E-state index >= 15 is 0 Å². The van der Waals surface area contributed by atoms with Crippen molar-refractivity contribution in [3.05, 3.63) is 34.9 Å². The van der Waals surface area contributed by atoms with Gasteiger partial charge in [0.25, 0.3) is 0 Å². The van der Waals surface area contributed by atoms with Crippen LogP contribution < -0.4 is 5.32 Å². The minimum Gasteiger partial charge on any atom is -0.354 e. The van der Waals surface area contributed by atoms with Gasteiger partial charge in [-0.25, -0.2) is 0 Å². The second-order valence-electron chi connectivity index (χ2n) is 5.52. The van der Waals surface area contributed by atoms with Crippen molar-refractivity contribution < 1.29 is 9.59 Å². The number of hydrogen-bond donors (Lipinski definition) is 1. The molecule has 116 valence electrons. The molecule has 2 amide bonds. The van der Waals surface area contributed by atoms with Crippen LogP contribution in [-0.4, -0.2) is 36.3 Å². The summed E-state index contributed by atoms with van der Waals surface area (Å²) in [6.07, 6.45) is 0.743. The summed E-state index contributed by atoms with van der Waals surface area (Å²) in [5, 5.41) is 3.54. The van der Waals surface area contributed by atoms with Crippen molar-refractivity contribution in [2.75, 3.05) is 19.6 Å². The highest BCUT2D eigenvalue weighted by Gasteiger charge is 2.14. The first kappa shape index (κ1) is 17.5. The van der Waals surface area contributed by atoms with Crippen LogP contribution in [0.3, 0.4) is 0 Å². The van der Waals surface area contributed by atoms with Crippen LogP contribution in [0.1, 0.15) is 26.3 Å². The van der Waals surface area contributed by atoms with Gasteiger partial charge in [0.05, 0.1) is 6.54 Å². The fourth-order valence-corrected chi connectivity index (χ4v) is 2.10. The fourth-order valence-electron chi connectivity index (χ4n) is 1.97. The van der Waals surface area contributed by atoms with Gasteiger partial charge in [-0.1, -0.05) is 37.6 Å². The maximum Gasteiger partial charge on any atom is 0.239 e. The highest BCUT2D eigenvalue weighted by molar-refractivity contribution is 6.30. The van der Waals surface area contributed by atoms with Crippen molar-refractivity contribution >= 4 is 23.4 Å². The average Bonchev–Trinajstić information content (AvgIpc) is 2.39. The Morgan fingerprint density at radius 2 is 1.86 bits per heavy atom. The summed E-state index contributed by atoms with van der Waals surface area (Å²) in [6.45, 7) is 6.80. The van der Waals surface area contributed by atoms with Crippen LogP contribution in [0.2, 0.25) is 5.02 Å². The molecule has 4 nitrogen and oxygen atoms in total. The zero-order valence-electron chi connectivity index (χ0n) is 12.9. The van der Waals surface area contributed by atoms with Crippen molar-refractivity contribution in [2.45, 2.75) is 27.2 Å². The Hall–Kier alpha value is -1.55. The summed E-state index contributed by atoms with van der Waals surface area (Å²) in [5.74, 6) is 0.145. The van der Waals surface area contributed by atoms with Gasteiger partial charge in [-0.05, 0) is 30.0 Å². The molecule has 0 aliphatic rings. The summed E-state index contributed by atoms with van der Waals surface area (Å²) in [6, 6.07) is 7.54. The molecule has 5 heteroatoms. The molecule has 0 radical (unpaired) electrons. The van der Waals surface area contributed by atoms with E-state index in [2.05, 4.69) is 5.32 Å². The summed E-state index contributed by atoms with van der Waals surface area (Å²) >= 11 is 5.82. The molecule has 0 heterocycles. The third kappa shape index (κ3) is 7.14. The Labute approximate surface area is 131 Å². The van der Waals surface area contributed by atoms with E-state index in [1.807, 2.05) is 38.1 Å². The first-order valence-corrected chi connectivity index (χ1v) is 7.53. The highest BCUT2D eigenvalue weighted by Crippen LogP contribution is 2.09. The zero-order valence-corrected chi connectivity index (χ0v) is 13.6. The lowest BCUT2D eigenvalue weighted by Gasteiger charge is -2.22. The Balaban J connectivity index is 2.35. The van der Waals surface area contributed by atoms with Gasteiger partial charge in [0, 0.05) is 25.0 Å². The molecular formula is C16H23ClN2O2. The molecule has 0 saturated carbocycles.